The zero-order valence-corrected chi connectivity index (χ0v) is 21.8. The fourth-order valence-corrected chi connectivity index (χ4v) is 9.84. The highest BCUT2D eigenvalue weighted by molar-refractivity contribution is 5.84. The summed E-state index contributed by atoms with van der Waals surface area (Å²) in [6.07, 6.45) is 10.7. The predicted molar refractivity (Wildman–Crippen MR) is 133 cm³/mol. The number of ketones is 1. The van der Waals surface area contributed by atoms with E-state index in [1.807, 2.05) is 6.92 Å². The number of benzene rings is 1. The van der Waals surface area contributed by atoms with Crippen LogP contribution in [0.25, 0.3) is 11.0 Å². The van der Waals surface area contributed by atoms with Gasteiger partial charge < -0.3 is 5.11 Å². The van der Waals surface area contributed by atoms with Crippen molar-refractivity contribution in [2.45, 2.75) is 97.1 Å². The molecular formula is C29H39F2N3O2. The SMILES string of the molecule is CC[C@]12CC[C@@](C)(O)C[C@@H]1CC[C@H]1[C@@H]3CC[C@H](C(=O)Cn4nnc5c(F)cc(F)cc54)[C@@]3(C)CC[C@@H]12. The Balaban J connectivity index is 1.24. The first kappa shape index (κ1) is 24.4. The lowest BCUT2D eigenvalue weighted by Crippen LogP contribution is -2.56. The summed E-state index contributed by atoms with van der Waals surface area (Å²) in [5.74, 6) is 1.11. The van der Waals surface area contributed by atoms with E-state index in [1.54, 1.807) is 0 Å². The second-order valence-electron chi connectivity index (χ2n) is 13.1. The van der Waals surface area contributed by atoms with E-state index < -0.39 is 17.2 Å². The molecule has 8 atom stereocenters. The van der Waals surface area contributed by atoms with Crippen molar-refractivity contribution in [3.8, 4) is 0 Å². The second kappa shape index (κ2) is 8.31. The first-order valence-electron chi connectivity index (χ1n) is 14.0. The maximum Gasteiger partial charge on any atom is 0.157 e. The summed E-state index contributed by atoms with van der Waals surface area (Å²) in [5, 5.41) is 18.7. The average molecular weight is 500 g/mol. The molecule has 0 amide bonds. The van der Waals surface area contributed by atoms with Crippen molar-refractivity contribution in [2.75, 3.05) is 0 Å². The fraction of sp³-hybridized carbons (Fsp3) is 0.759. The average Bonchev–Trinajstić information content (AvgIpc) is 3.39. The van der Waals surface area contributed by atoms with Gasteiger partial charge in [0.05, 0.1) is 11.1 Å². The molecule has 2 aromatic rings. The first-order chi connectivity index (χ1) is 17.1. The van der Waals surface area contributed by atoms with Crippen LogP contribution in [0.3, 0.4) is 0 Å². The molecule has 1 aromatic heterocycles. The van der Waals surface area contributed by atoms with Crippen LogP contribution in [0, 0.1) is 52.1 Å². The Hall–Kier alpha value is -1.89. The van der Waals surface area contributed by atoms with Gasteiger partial charge in [-0.1, -0.05) is 19.1 Å². The minimum Gasteiger partial charge on any atom is -0.390 e. The van der Waals surface area contributed by atoms with E-state index in [2.05, 4.69) is 24.2 Å². The molecule has 0 unspecified atom stereocenters. The van der Waals surface area contributed by atoms with Crippen molar-refractivity contribution in [1.29, 1.82) is 0 Å². The molecule has 6 rings (SSSR count). The topological polar surface area (TPSA) is 68.0 Å². The van der Waals surface area contributed by atoms with E-state index in [-0.39, 0.29) is 34.7 Å². The van der Waals surface area contributed by atoms with Gasteiger partial charge in [0.15, 0.2) is 11.6 Å². The smallest absolute Gasteiger partial charge is 0.157 e. The van der Waals surface area contributed by atoms with Gasteiger partial charge in [0.2, 0.25) is 0 Å². The molecule has 4 fully saturated rings. The Morgan fingerprint density at radius 2 is 1.89 bits per heavy atom. The minimum absolute atomic E-state index is 0.00769. The number of halogens is 2. The molecule has 4 aliphatic rings. The van der Waals surface area contributed by atoms with Gasteiger partial charge in [-0.15, -0.1) is 5.10 Å². The zero-order valence-electron chi connectivity index (χ0n) is 21.8. The Bertz CT molecular complexity index is 1190. The monoisotopic (exact) mass is 499 g/mol. The molecule has 4 saturated carbocycles. The van der Waals surface area contributed by atoms with Crippen LogP contribution in [-0.2, 0) is 11.3 Å². The predicted octanol–water partition coefficient (Wildman–Crippen LogP) is 6.08. The van der Waals surface area contributed by atoms with Crippen LogP contribution in [-0.4, -0.2) is 31.5 Å². The molecule has 1 aromatic carbocycles. The molecule has 5 nitrogen and oxygen atoms in total. The van der Waals surface area contributed by atoms with E-state index in [4.69, 9.17) is 0 Å². The number of fused-ring (bicyclic) bond motifs is 6. The minimum atomic E-state index is -0.750. The van der Waals surface area contributed by atoms with Gasteiger partial charge in [0.25, 0.3) is 0 Å². The van der Waals surface area contributed by atoms with Gasteiger partial charge in [0.1, 0.15) is 17.9 Å². The highest BCUT2D eigenvalue weighted by atomic mass is 19.1. The maximum absolute atomic E-state index is 14.1. The van der Waals surface area contributed by atoms with E-state index in [0.29, 0.717) is 29.1 Å². The number of carbonyl (C=O) groups excluding carboxylic acids is 1. The van der Waals surface area contributed by atoms with Crippen molar-refractivity contribution in [1.82, 2.24) is 15.0 Å². The number of aromatic nitrogens is 3. The summed E-state index contributed by atoms with van der Waals surface area (Å²) in [7, 11) is 0. The van der Waals surface area contributed by atoms with Crippen molar-refractivity contribution in [3.63, 3.8) is 0 Å². The maximum atomic E-state index is 14.1. The molecule has 196 valence electrons. The molecule has 7 heteroatoms. The molecule has 36 heavy (non-hydrogen) atoms. The molecule has 1 N–H and O–H groups in total. The second-order valence-corrected chi connectivity index (χ2v) is 13.1. The molecule has 0 spiro atoms. The number of nitrogens with zero attached hydrogens (tertiary/aromatic N) is 3. The van der Waals surface area contributed by atoms with Crippen LogP contribution >= 0.6 is 0 Å². The Labute approximate surface area is 212 Å². The van der Waals surface area contributed by atoms with Crippen molar-refractivity contribution < 1.29 is 18.7 Å². The van der Waals surface area contributed by atoms with Crippen LogP contribution in [0.15, 0.2) is 12.1 Å². The number of carbonyl (C=O) groups is 1. The van der Waals surface area contributed by atoms with Crippen molar-refractivity contribution >= 4 is 16.8 Å². The zero-order chi connectivity index (χ0) is 25.5. The van der Waals surface area contributed by atoms with Crippen LogP contribution in [0.4, 0.5) is 8.78 Å². The first-order valence-corrected chi connectivity index (χ1v) is 14.0. The lowest BCUT2D eigenvalue weighted by Gasteiger charge is -2.63. The molecule has 1 heterocycles. The molecule has 4 aliphatic carbocycles. The number of hydrogen-bond donors (Lipinski definition) is 1. The lowest BCUT2D eigenvalue weighted by molar-refractivity contribution is -0.158. The molecule has 0 bridgehead atoms. The molecule has 0 saturated heterocycles. The largest absolute Gasteiger partial charge is 0.390 e. The highest BCUT2D eigenvalue weighted by Crippen LogP contribution is 2.69. The van der Waals surface area contributed by atoms with E-state index in [9.17, 15) is 18.7 Å². The summed E-state index contributed by atoms with van der Waals surface area (Å²) in [6, 6.07) is 2.01. The van der Waals surface area contributed by atoms with Crippen LogP contribution in [0.5, 0.6) is 0 Å². The summed E-state index contributed by atoms with van der Waals surface area (Å²) < 4.78 is 29.3. The normalized spacial score (nSPS) is 42.1. The van der Waals surface area contributed by atoms with E-state index in [1.165, 1.54) is 30.0 Å². The van der Waals surface area contributed by atoms with Gasteiger partial charge >= 0.3 is 0 Å². The third-order valence-corrected chi connectivity index (χ3v) is 11.5. The summed E-state index contributed by atoms with van der Waals surface area (Å²) in [4.78, 5) is 13.7. The Kier molecular flexibility index (Phi) is 5.64. The number of Topliss-reactive ketones (excluding diaryl/α,β-unsaturated/α-hetero) is 1. The standard InChI is InChI=1S/C29H39F2N3O2/c1-4-29-12-11-27(2,36)15-17(29)5-6-19-20-7-8-22(28(20,3)10-9-21(19)29)25(35)16-34-24-14-18(30)13-23(31)26(24)32-33-34/h13-14,17,19-22,36H,4-12,15-16H2,1-3H3/t17-,19-,20-,21-,22+,27+,28-,29-/m0/s1. The van der Waals surface area contributed by atoms with Crippen molar-refractivity contribution in [2.24, 2.45) is 40.4 Å². The van der Waals surface area contributed by atoms with Crippen LogP contribution in [0.1, 0.15) is 85.0 Å². The van der Waals surface area contributed by atoms with Gasteiger partial charge in [-0.3, -0.25) is 4.79 Å². The molecule has 0 radical (unpaired) electrons. The third kappa shape index (κ3) is 3.51. The Morgan fingerprint density at radius 1 is 1.08 bits per heavy atom. The number of rotatable bonds is 4. The van der Waals surface area contributed by atoms with Crippen LogP contribution < -0.4 is 0 Å². The number of hydrogen-bond acceptors (Lipinski definition) is 4. The van der Waals surface area contributed by atoms with Gasteiger partial charge in [0, 0.05) is 18.1 Å². The molecular weight excluding hydrogens is 460 g/mol. The van der Waals surface area contributed by atoms with E-state index in [0.717, 1.165) is 51.0 Å². The van der Waals surface area contributed by atoms with Gasteiger partial charge in [-0.05, 0) is 106 Å². The fourth-order valence-electron chi connectivity index (χ4n) is 9.84. The van der Waals surface area contributed by atoms with Gasteiger partial charge in [-0.2, -0.15) is 0 Å². The summed E-state index contributed by atoms with van der Waals surface area (Å²) >= 11 is 0. The van der Waals surface area contributed by atoms with Crippen LogP contribution in [0.2, 0.25) is 0 Å². The highest BCUT2D eigenvalue weighted by Gasteiger charge is 2.62. The number of aliphatic hydroxyl groups is 1. The lowest BCUT2D eigenvalue weighted by atomic mass is 9.42. The third-order valence-electron chi connectivity index (χ3n) is 11.5. The molecule has 0 aliphatic heterocycles. The van der Waals surface area contributed by atoms with E-state index >= 15 is 0 Å². The quantitative estimate of drug-likeness (QED) is 0.554. The summed E-state index contributed by atoms with van der Waals surface area (Å²) in [6.45, 7) is 6.72. The Morgan fingerprint density at radius 3 is 2.67 bits per heavy atom. The van der Waals surface area contributed by atoms with Gasteiger partial charge in [-0.25, -0.2) is 13.5 Å². The van der Waals surface area contributed by atoms with Crippen molar-refractivity contribution in [3.05, 3.63) is 23.8 Å². The summed E-state index contributed by atoms with van der Waals surface area (Å²) in [5.41, 5.74) is 0.0192.